The first kappa shape index (κ1) is 33.8. The monoisotopic (exact) mass is 639 g/mol. The van der Waals surface area contributed by atoms with E-state index in [-0.39, 0.29) is 29.4 Å². The van der Waals surface area contributed by atoms with Crippen molar-refractivity contribution in [2.24, 2.45) is 22.4 Å². The molecule has 4 rings (SSSR count). The first-order chi connectivity index (χ1) is 21.8. The summed E-state index contributed by atoms with van der Waals surface area (Å²) in [5.41, 5.74) is 9.47. The first-order valence-electron chi connectivity index (χ1n) is 14.4. The molecule has 1 fully saturated rings. The van der Waals surface area contributed by atoms with Crippen molar-refractivity contribution in [1.82, 2.24) is 10.3 Å². The van der Waals surface area contributed by atoms with Crippen molar-refractivity contribution >= 4 is 34.9 Å². The number of rotatable bonds is 11. The number of aliphatic imine (C=N–C) groups is 1. The molecule has 1 aliphatic rings. The van der Waals surface area contributed by atoms with Crippen LogP contribution < -0.4 is 22.1 Å². The van der Waals surface area contributed by atoms with Gasteiger partial charge < -0.3 is 21.5 Å². The number of amidine groups is 1. The first-order valence-corrected chi connectivity index (χ1v) is 14.4. The number of carbonyl (C=O) groups excluding carboxylic acids is 2. The lowest BCUT2D eigenvalue weighted by molar-refractivity contribution is -0.110. The predicted molar refractivity (Wildman–Crippen MR) is 165 cm³/mol. The van der Waals surface area contributed by atoms with Gasteiger partial charge in [-0.25, -0.2) is 14.2 Å². The number of amides is 2. The molecular formula is C32H33F4N7O3. The molecular weight excluding hydrogens is 606 g/mol. The van der Waals surface area contributed by atoms with Gasteiger partial charge in [0.2, 0.25) is 0 Å². The van der Waals surface area contributed by atoms with Gasteiger partial charge in [-0.1, -0.05) is 37.1 Å². The van der Waals surface area contributed by atoms with Crippen LogP contribution in [-0.2, 0) is 15.1 Å². The highest BCUT2D eigenvalue weighted by atomic mass is 19.4. The van der Waals surface area contributed by atoms with Gasteiger partial charge in [0.1, 0.15) is 23.1 Å². The van der Waals surface area contributed by atoms with Gasteiger partial charge in [0.15, 0.2) is 0 Å². The van der Waals surface area contributed by atoms with Crippen molar-refractivity contribution in [1.29, 1.82) is 5.41 Å². The predicted octanol–water partition coefficient (Wildman–Crippen LogP) is 5.80. The molecule has 2 amide bonds. The molecule has 0 radical (unpaired) electrons. The second-order valence-electron chi connectivity index (χ2n) is 10.7. The molecule has 1 atom stereocenters. The second-order valence-corrected chi connectivity index (χ2v) is 10.7. The molecule has 7 N–H and O–H groups in total. The zero-order chi connectivity index (χ0) is 33.5. The summed E-state index contributed by atoms with van der Waals surface area (Å²) in [5, 5.41) is 12.6. The molecule has 2 aromatic carbocycles. The number of alkyl carbamates (subject to hydrolysis) is 1. The highest BCUT2D eigenvalue weighted by molar-refractivity contribution is 6.47. The molecule has 10 nitrogen and oxygen atoms in total. The number of nitrogens with two attached hydrogens (primary N) is 2. The third-order valence-corrected chi connectivity index (χ3v) is 7.29. The zero-order valence-corrected chi connectivity index (χ0v) is 24.8. The van der Waals surface area contributed by atoms with Crippen molar-refractivity contribution in [2.45, 2.75) is 44.3 Å². The summed E-state index contributed by atoms with van der Waals surface area (Å²) in [6, 6.07) is 12.9. The number of carbonyl (C=O) groups is 2. The molecule has 14 heteroatoms. The van der Waals surface area contributed by atoms with Crippen LogP contribution in [0.25, 0.3) is 0 Å². The van der Waals surface area contributed by atoms with Crippen LogP contribution in [0, 0.1) is 17.1 Å². The number of ether oxygens (including phenoxy) is 1. The third kappa shape index (κ3) is 8.75. The van der Waals surface area contributed by atoms with Crippen LogP contribution >= 0.6 is 0 Å². The van der Waals surface area contributed by atoms with Gasteiger partial charge in [0.05, 0.1) is 23.5 Å². The van der Waals surface area contributed by atoms with E-state index >= 15 is 4.39 Å². The number of alkyl halides is 3. The number of hydrogen-bond acceptors (Lipinski definition) is 8. The fourth-order valence-corrected chi connectivity index (χ4v) is 4.59. The minimum atomic E-state index is -5.00. The van der Waals surface area contributed by atoms with Gasteiger partial charge in [-0.15, -0.1) is 0 Å². The minimum absolute atomic E-state index is 0.0591. The molecule has 1 heterocycles. The van der Waals surface area contributed by atoms with Crippen molar-refractivity contribution in [3.05, 3.63) is 101 Å². The standard InChI is InChI=1S/C32H33F4N7O3/c1-2-46-30(45)43-28(38)20-5-3-7-23(15-20)41-26(17-27(37)32(34,35)36)29(44)42-25-16-21(10-11-24(25)33)31(39,13-12-19-8-9-19)22-6-4-14-40-18-22/h3-7,10-11,14-19H,2,8-9,12-13,37,39H2,1H3,(H,42,44)(H2,38,43,45). The maximum absolute atomic E-state index is 15.1. The van der Waals surface area contributed by atoms with E-state index in [0.29, 0.717) is 29.5 Å². The molecule has 0 saturated heterocycles. The SMILES string of the molecule is CCOC(=O)NC(=N)c1cccc(N=C(C=C(N)C(F)(F)F)C(=O)Nc2cc(C(N)(CCC3CC3)c3cccnc3)ccc2F)c1. The average molecular weight is 640 g/mol. The van der Waals surface area contributed by atoms with E-state index < -0.39 is 40.9 Å². The lowest BCUT2D eigenvalue weighted by atomic mass is 9.80. The molecule has 0 bridgehead atoms. The average Bonchev–Trinajstić information content (AvgIpc) is 3.85. The van der Waals surface area contributed by atoms with E-state index in [9.17, 15) is 22.8 Å². The summed E-state index contributed by atoms with van der Waals surface area (Å²) in [6.07, 6.45) is 1.16. The Morgan fingerprint density at radius 3 is 2.54 bits per heavy atom. The Labute approximate surface area is 262 Å². The van der Waals surface area contributed by atoms with Gasteiger partial charge in [-0.3, -0.25) is 20.5 Å². The van der Waals surface area contributed by atoms with Crippen LogP contribution in [0.1, 0.15) is 49.3 Å². The number of anilines is 1. The Hall–Kier alpha value is -5.11. The fraction of sp³-hybridized carbons (Fsp3) is 0.281. The third-order valence-electron chi connectivity index (χ3n) is 7.29. The Balaban J connectivity index is 1.69. The topological polar surface area (TPSA) is 169 Å². The number of benzene rings is 2. The lowest BCUT2D eigenvalue weighted by Crippen LogP contribution is -2.38. The highest BCUT2D eigenvalue weighted by Gasteiger charge is 2.34. The Morgan fingerprint density at radius 1 is 1.13 bits per heavy atom. The zero-order valence-electron chi connectivity index (χ0n) is 24.8. The summed E-state index contributed by atoms with van der Waals surface area (Å²) < 4.78 is 60.0. The van der Waals surface area contributed by atoms with Gasteiger partial charge in [0.25, 0.3) is 5.91 Å². The van der Waals surface area contributed by atoms with Crippen LogP contribution in [0.15, 0.2) is 83.8 Å². The Kier molecular flexibility index (Phi) is 10.5. The molecule has 0 spiro atoms. The summed E-state index contributed by atoms with van der Waals surface area (Å²) in [6.45, 7) is 1.64. The lowest BCUT2D eigenvalue weighted by Gasteiger charge is -2.31. The number of nitrogens with one attached hydrogen (secondary N) is 3. The van der Waals surface area contributed by atoms with Gasteiger partial charge >= 0.3 is 12.3 Å². The van der Waals surface area contributed by atoms with E-state index in [1.54, 1.807) is 31.5 Å². The molecule has 3 aromatic rings. The number of halogens is 4. The van der Waals surface area contributed by atoms with E-state index in [1.165, 1.54) is 36.4 Å². The van der Waals surface area contributed by atoms with Gasteiger partial charge in [-0.2, -0.15) is 13.2 Å². The van der Waals surface area contributed by atoms with Crippen LogP contribution in [0.4, 0.5) is 33.7 Å². The van der Waals surface area contributed by atoms with E-state index in [4.69, 9.17) is 21.6 Å². The second kappa shape index (κ2) is 14.3. The normalized spacial score (nSPS) is 15.1. The van der Waals surface area contributed by atoms with E-state index in [0.717, 1.165) is 25.3 Å². The number of aromatic nitrogens is 1. The van der Waals surface area contributed by atoms with Crippen molar-refractivity contribution in [3.63, 3.8) is 0 Å². The van der Waals surface area contributed by atoms with Crippen LogP contribution in [0.3, 0.4) is 0 Å². The molecule has 0 aliphatic heterocycles. The maximum atomic E-state index is 15.1. The quantitative estimate of drug-likeness (QED) is 0.101. The Bertz CT molecular complexity index is 1660. The Morgan fingerprint density at radius 2 is 1.89 bits per heavy atom. The number of allylic oxidation sites excluding steroid dienone is 1. The largest absolute Gasteiger partial charge is 0.450 e. The van der Waals surface area contributed by atoms with Crippen LogP contribution in [0.2, 0.25) is 0 Å². The highest BCUT2D eigenvalue weighted by Crippen LogP contribution is 2.40. The number of hydrogen-bond donors (Lipinski definition) is 5. The fourth-order valence-electron chi connectivity index (χ4n) is 4.59. The van der Waals surface area contributed by atoms with Gasteiger partial charge in [0, 0.05) is 18.0 Å². The maximum Gasteiger partial charge on any atom is 0.430 e. The van der Waals surface area contributed by atoms with Crippen LogP contribution in [-0.4, -0.2) is 41.3 Å². The number of pyridine rings is 1. The smallest absolute Gasteiger partial charge is 0.430 e. The molecule has 1 saturated carbocycles. The van der Waals surface area contributed by atoms with E-state index in [2.05, 4.69) is 20.6 Å². The minimum Gasteiger partial charge on any atom is -0.450 e. The van der Waals surface area contributed by atoms with Crippen molar-refractivity contribution < 1.29 is 31.9 Å². The molecule has 242 valence electrons. The summed E-state index contributed by atoms with van der Waals surface area (Å²) >= 11 is 0. The van der Waals surface area contributed by atoms with Crippen LogP contribution in [0.5, 0.6) is 0 Å². The van der Waals surface area contributed by atoms with Crippen molar-refractivity contribution in [2.75, 3.05) is 11.9 Å². The molecule has 1 aliphatic carbocycles. The number of nitrogens with zero attached hydrogens (tertiary/aromatic N) is 2. The molecule has 46 heavy (non-hydrogen) atoms. The summed E-state index contributed by atoms with van der Waals surface area (Å²) in [7, 11) is 0. The summed E-state index contributed by atoms with van der Waals surface area (Å²) in [5.74, 6) is -1.91. The molecule has 1 aromatic heterocycles. The van der Waals surface area contributed by atoms with Crippen molar-refractivity contribution in [3.8, 4) is 0 Å². The van der Waals surface area contributed by atoms with Gasteiger partial charge in [-0.05, 0) is 73.2 Å². The van der Waals surface area contributed by atoms with E-state index in [1.807, 2.05) is 0 Å². The molecule has 1 unspecified atom stereocenters. The summed E-state index contributed by atoms with van der Waals surface area (Å²) in [4.78, 5) is 33.3.